The standard InChI is InChI=1S/C11H9N3OS2/c12-11-13-5-7(17-11)6-14-3-1-9-8(10(14)15)2-4-16-9/h1-5H,6H2,(H2,12,13). The summed E-state index contributed by atoms with van der Waals surface area (Å²) in [5.74, 6) is 0. The quantitative estimate of drug-likeness (QED) is 0.770. The number of nitrogens with two attached hydrogens (primary N) is 1. The van der Waals surface area contributed by atoms with Crippen LogP contribution < -0.4 is 11.3 Å². The third-order valence-corrected chi connectivity index (χ3v) is 4.18. The van der Waals surface area contributed by atoms with E-state index in [9.17, 15) is 4.79 Å². The van der Waals surface area contributed by atoms with Crippen molar-refractivity contribution in [3.8, 4) is 0 Å². The van der Waals surface area contributed by atoms with Crippen LogP contribution in [0.25, 0.3) is 10.1 Å². The van der Waals surface area contributed by atoms with Gasteiger partial charge in [-0.3, -0.25) is 4.79 Å². The number of fused-ring (bicyclic) bond motifs is 1. The van der Waals surface area contributed by atoms with E-state index < -0.39 is 0 Å². The van der Waals surface area contributed by atoms with Crippen molar-refractivity contribution in [2.24, 2.45) is 0 Å². The van der Waals surface area contributed by atoms with Crippen LogP contribution in [0, 0.1) is 0 Å². The molecular formula is C11H9N3OS2. The van der Waals surface area contributed by atoms with Crippen molar-refractivity contribution in [2.45, 2.75) is 6.54 Å². The van der Waals surface area contributed by atoms with E-state index in [0.717, 1.165) is 15.0 Å². The lowest BCUT2D eigenvalue weighted by atomic mass is 10.3. The monoisotopic (exact) mass is 263 g/mol. The van der Waals surface area contributed by atoms with Gasteiger partial charge < -0.3 is 10.3 Å². The van der Waals surface area contributed by atoms with Gasteiger partial charge in [0.15, 0.2) is 5.13 Å². The van der Waals surface area contributed by atoms with Gasteiger partial charge in [-0.25, -0.2) is 4.98 Å². The van der Waals surface area contributed by atoms with Crippen LogP contribution >= 0.6 is 22.7 Å². The minimum Gasteiger partial charge on any atom is -0.375 e. The number of aromatic nitrogens is 2. The van der Waals surface area contributed by atoms with E-state index in [1.54, 1.807) is 22.1 Å². The van der Waals surface area contributed by atoms with E-state index in [1.807, 2.05) is 23.7 Å². The number of rotatable bonds is 2. The Balaban J connectivity index is 2.06. The summed E-state index contributed by atoms with van der Waals surface area (Å²) in [6.45, 7) is 0.527. The molecule has 0 unspecified atom stereocenters. The van der Waals surface area contributed by atoms with Crippen LogP contribution in [0.3, 0.4) is 0 Å². The first-order chi connectivity index (χ1) is 8.24. The Kier molecular flexibility index (Phi) is 2.45. The van der Waals surface area contributed by atoms with Gasteiger partial charge in [-0.2, -0.15) is 0 Å². The third kappa shape index (κ3) is 1.85. The van der Waals surface area contributed by atoms with Gasteiger partial charge in [-0.15, -0.1) is 22.7 Å². The predicted molar refractivity (Wildman–Crippen MR) is 71.7 cm³/mol. The molecule has 86 valence electrons. The Morgan fingerprint density at radius 1 is 1.41 bits per heavy atom. The summed E-state index contributed by atoms with van der Waals surface area (Å²) >= 11 is 2.99. The molecule has 0 aliphatic rings. The zero-order valence-corrected chi connectivity index (χ0v) is 10.4. The summed E-state index contributed by atoms with van der Waals surface area (Å²) in [5.41, 5.74) is 5.60. The van der Waals surface area contributed by atoms with E-state index in [1.165, 1.54) is 11.3 Å². The Hall–Kier alpha value is -1.66. The lowest BCUT2D eigenvalue weighted by molar-refractivity contribution is 0.778. The first-order valence-corrected chi connectivity index (χ1v) is 6.70. The predicted octanol–water partition coefficient (Wildman–Crippen LogP) is 2.15. The minimum absolute atomic E-state index is 0.0377. The molecule has 3 heterocycles. The maximum atomic E-state index is 12.1. The van der Waals surface area contributed by atoms with E-state index in [-0.39, 0.29) is 5.56 Å². The molecule has 0 aliphatic carbocycles. The average molecular weight is 263 g/mol. The second kappa shape index (κ2) is 3.97. The molecule has 2 N–H and O–H groups in total. The van der Waals surface area contributed by atoms with Crippen molar-refractivity contribution in [1.82, 2.24) is 9.55 Å². The van der Waals surface area contributed by atoms with Gasteiger partial charge in [0.25, 0.3) is 5.56 Å². The molecule has 0 fully saturated rings. The van der Waals surface area contributed by atoms with Crippen LogP contribution in [0.15, 0.2) is 34.7 Å². The highest BCUT2D eigenvalue weighted by Crippen LogP contribution is 2.18. The smallest absolute Gasteiger partial charge is 0.259 e. The number of hydrogen-bond donors (Lipinski definition) is 1. The third-order valence-electron chi connectivity index (χ3n) is 2.49. The largest absolute Gasteiger partial charge is 0.375 e. The van der Waals surface area contributed by atoms with Gasteiger partial charge in [0.1, 0.15) is 0 Å². The van der Waals surface area contributed by atoms with Gasteiger partial charge in [-0.05, 0) is 17.5 Å². The maximum Gasteiger partial charge on any atom is 0.259 e. The summed E-state index contributed by atoms with van der Waals surface area (Å²) in [7, 11) is 0. The van der Waals surface area contributed by atoms with Gasteiger partial charge in [0.2, 0.25) is 0 Å². The molecule has 6 heteroatoms. The first kappa shape index (κ1) is 10.5. The summed E-state index contributed by atoms with van der Waals surface area (Å²) in [6, 6.07) is 3.83. The van der Waals surface area contributed by atoms with Gasteiger partial charge in [-0.1, -0.05) is 0 Å². The summed E-state index contributed by atoms with van der Waals surface area (Å²) in [4.78, 5) is 17.1. The highest BCUT2D eigenvalue weighted by molar-refractivity contribution is 7.17. The highest BCUT2D eigenvalue weighted by atomic mass is 32.1. The second-order valence-electron chi connectivity index (χ2n) is 3.61. The Morgan fingerprint density at radius 3 is 3.06 bits per heavy atom. The second-order valence-corrected chi connectivity index (χ2v) is 5.71. The van der Waals surface area contributed by atoms with E-state index in [2.05, 4.69) is 4.98 Å². The summed E-state index contributed by atoms with van der Waals surface area (Å²) in [6.07, 6.45) is 3.53. The fourth-order valence-corrected chi connectivity index (χ4v) is 3.15. The Bertz CT molecular complexity index is 725. The Labute approximate surface area is 105 Å². The van der Waals surface area contributed by atoms with Crippen molar-refractivity contribution in [3.63, 3.8) is 0 Å². The number of thiazole rings is 1. The fraction of sp³-hybridized carbons (Fsp3) is 0.0909. The number of thiophene rings is 1. The summed E-state index contributed by atoms with van der Waals surface area (Å²) in [5, 5.41) is 3.24. The molecule has 0 saturated heterocycles. The zero-order valence-electron chi connectivity index (χ0n) is 8.79. The molecule has 0 amide bonds. The fourth-order valence-electron chi connectivity index (χ4n) is 1.69. The minimum atomic E-state index is 0.0377. The van der Waals surface area contributed by atoms with E-state index >= 15 is 0 Å². The molecule has 0 bridgehead atoms. The molecule has 0 atom stereocenters. The number of anilines is 1. The lowest BCUT2D eigenvalue weighted by Gasteiger charge is -2.02. The number of pyridine rings is 1. The lowest BCUT2D eigenvalue weighted by Crippen LogP contribution is -2.18. The first-order valence-electron chi connectivity index (χ1n) is 5.01. The molecular weight excluding hydrogens is 254 g/mol. The van der Waals surface area contributed by atoms with Gasteiger partial charge in [0.05, 0.1) is 11.9 Å². The van der Waals surface area contributed by atoms with Gasteiger partial charge >= 0.3 is 0 Å². The van der Waals surface area contributed by atoms with Crippen LogP contribution in [-0.2, 0) is 6.54 Å². The van der Waals surface area contributed by atoms with E-state index in [0.29, 0.717) is 11.7 Å². The average Bonchev–Trinajstić information content (AvgIpc) is 2.92. The van der Waals surface area contributed by atoms with Gasteiger partial charge in [0, 0.05) is 22.0 Å². The molecule has 0 spiro atoms. The highest BCUT2D eigenvalue weighted by Gasteiger charge is 2.05. The topological polar surface area (TPSA) is 60.9 Å². The molecule has 0 aromatic carbocycles. The van der Waals surface area contributed by atoms with Crippen LogP contribution in [0.5, 0.6) is 0 Å². The molecule has 17 heavy (non-hydrogen) atoms. The van der Waals surface area contributed by atoms with E-state index in [4.69, 9.17) is 5.73 Å². The number of nitrogens with zero attached hydrogens (tertiary/aromatic N) is 2. The van der Waals surface area contributed by atoms with Crippen molar-refractivity contribution in [1.29, 1.82) is 0 Å². The SMILES string of the molecule is Nc1ncc(Cn2ccc3sccc3c2=O)s1. The van der Waals surface area contributed by atoms with Crippen LogP contribution in [0.1, 0.15) is 4.88 Å². The molecule has 3 aromatic heterocycles. The molecule has 4 nitrogen and oxygen atoms in total. The van der Waals surface area contributed by atoms with Crippen molar-refractivity contribution in [2.75, 3.05) is 5.73 Å². The normalized spacial score (nSPS) is 11.1. The molecule has 3 rings (SSSR count). The molecule has 0 radical (unpaired) electrons. The Morgan fingerprint density at radius 2 is 2.29 bits per heavy atom. The van der Waals surface area contributed by atoms with Crippen molar-refractivity contribution < 1.29 is 0 Å². The zero-order chi connectivity index (χ0) is 11.8. The number of nitrogen functional groups attached to an aromatic ring is 1. The van der Waals surface area contributed by atoms with Crippen molar-refractivity contribution in [3.05, 3.63) is 45.1 Å². The molecule has 3 aromatic rings. The van der Waals surface area contributed by atoms with Crippen LogP contribution in [-0.4, -0.2) is 9.55 Å². The summed E-state index contributed by atoms with van der Waals surface area (Å²) < 4.78 is 2.71. The van der Waals surface area contributed by atoms with Crippen molar-refractivity contribution >= 4 is 37.9 Å². The van der Waals surface area contributed by atoms with Crippen LogP contribution in [0.4, 0.5) is 5.13 Å². The molecule has 0 aliphatic heterocycles. The molecule has 0 saturated carbocycles. The van der Waals surface area contributed by atoms with Crippen LogP contribution in [0.2, 0.25) is 0 Å². The maximum absolute atomic E-state index is 12.1. The number of hydrogen-bond acceptors (Lipinski definition) is 5.